The number of hydrogen-bond acceptors (Lipinski definition) is 5. The van der Waals surface area contributed by atoms with Gasteiger partial charge in [0, 0.05) is 43.7 Å². The third-order valence-electron chi connectivity index (χ3n) is 5.71. The molecule has 0 saturated carbocycles. The SMILES string of the molecule is COCCOc1cccc(CNC(=O)c2cccc(CNC(=O)c3ccc(-c4ccncc4)cc3)c2)c1. The first-order valence-corrected chi connectivity index (χ1v) is 12.0. The lowest BCUT2D eigenvalue weighted by Crippen LogP contribution is -2.24. The van der Waals surface area contributed by atoms with Gasteiger partial charge in [0.05, 0.1) is 6.61 Å². The Kier molecular flexibility index (Phi) is 8.99. The standard InChI is InChI=1S/C30H29N3O4/c1-36-16-17-37-28-7-3-5-23(19-28)21-33-30(35)27-6-2-4-22(18-27)20-32-29(34)26-10-8-24(9-11-26)25-12-14-31-15-13-25/h2-15,18-19H,16-17,20-21H2,1H3,(H,32,34)(H,33,35). The Morgan fingerprint density at radius 1 is 0.703 bits per heavy atom. The van der Waals surface area contributed by atoms with Gasteiger partial charge in [-0.2, -0.15) is 0 Å². The maximum Gasteiger partial charge on any atom is 0.251 e. The van der Waals surface area contributed by atoms with Crippen LogP contribution in [0.1, 0.15) is 31.8 Å². The van der Waals surface area contributed by atoms with Crippen molar-refractivity contribution in [1.82, 2.24) is 15.6 Å². The van der Waals surface area contributed by atoms with E-state index < -0.39 is 0 Å². The van der Waals surface area contributed by atoms with Gasteiger partial charge in [0.1, 0.15) is 12.4 Å². The van der Waals surface area contributed by atoms with Gasteiger partial charge >= 0.3 is 0 Å². The summed E-state index contributed by atoms with van der Waals surface area (Å²) in [5.74, 6) is 0.364. The molecule has 0 radical (unpaired) electrons. The first-order valence-electron chi connectivity index (χ1n) is 12.0. The van der Waals surface area contributed by atoms with Crippen LogP contribution in [0.3, 0.4) is 0 Å². The van der Waals surface area contributed by atoms with Crippen molar-refractivity contribution in [3.05, 3.63) is 120 Å². The van der Waals surface area contributed by atoms with Gasteiger partial charge < -0.3 is 20.1 Å². The molecule has 0 spiro atoms. The predicted molar refractivity (Wildman–Crippen MR) is 142 cm³/mol. The summed E-state index contributed by atoms with van der Waals surface area (Å²) < 4.78 is 10.6. The van der Waals surface area contributed by atoms with E-state index in [4.69, 9.17) is 9.47 Å². The molecule has 0 bridgehead atoms. The molecule has 4 aromatic rings. The number of nitrogens with one attached hydrogen (secondary N) is 2. The molecule has 0 aliphatic heterocycles. The number of methoxy groups -OCH3 is 1. The fourth-order valence-corrected chi connectivity index (χ4v) is 3.74. The van der Waals surface area contributed by atoms with Crippen LogP contribution < -0.4 is 15.4 Å². The smallest absolute Gasteiger partial charge is 0.251 e. The first kappa shape index (κ1) is 25.6. The van der Waals surface area contributed by atoms with E-state index in [9.17, 15) is 9.59 Å². The molecule has 2 N–H and O–H groups in total. The maximum atomic E-state index is 12.7. The fourth-order valence-electron chi connectivity index (χ4n) is 3.74. The molecule has 7 nitrogen and oxygen atoms in total. The summed E-state index contributed by atoms with van der Waals surface area (Å²) in [6.45, 7) is 1.66. The van der Waals surface area contributed by atoms with Gasteiger partial charge in [0.15, 0.2) is 0 Å². The fraction of sp³-hybridized carbons (Fsp3) is 0.167. The number of nitrogens with zero attached hydrogens (tertiary/aromatic N) is 1. The highest BCUT2D eigenvalue weighted by atomic mass is 16.5. The summed E-state index contributed by atoms with van der Waals surface area (Å²) in [6, 6.07) is 26.1. The molecular weight excluding hydrogens is 466 g/mol. The molecule has 1 aromatic heterocycles. The van der Waals surface area contributed by atoms with Crippen molar-refractivity contribution in [2.75, 3.05) is 20.3 Å². The number of benzene rings is 3. The van der Waals surface area contributed by atoms with Crippen molar-refractivity contribution in [2.45, 2.75) is 13.1 Å². The minimum atomic E-state index is -0.189. The Morgan fingerprint density at radius 3 is 2.03 bits per heavy atom. The number of amides is 2. The van der Waals surface area contributed by atoms with Gasteiger partial charge in [0.25, 0.3) is 11.8 Å². The first-order chi connectivity index (χ1) is 18.1. The molecule has 2 amide bonds. The van der Waals surface area contributed by atoms with Crippen molar-refractivity contribution in [3.8, 4) is 16.9 Å². The van der Waals surface area contributed by atoms with E-state index >= 15 is 0 Å². The molecule has 0 unspecified atom stereocenters. The number of hydrogen-bond donors (Lipinski definition) is 2. The summed E-state index contributed by atoms with van der Waals surface area (Å²) in [4.78, 5) is 29.4. The summed E-state index contributed by atoms with van der Waals surface area (Å²) >= 11 is 0. The summed E-state index contributed by atoms with van der Waals surface area (Å²) in [5.41, 5.74) is 4.92. The molecule has 37 heavy (non-hydrogen) atoms. The van der Waals surface area contributed by atoms with Crippen molar-refractivity contribution < 1.29 is 19.1 Å². The van der Waals surface area contributed by atoms with Crippen molar-refractivity contribution in [3.63, 3.8) is 0 Å². The normalized spacial score (nSPS) is 10.5. The van der Waals surface area contributed by atoms with E-state index in [2.05, 4.69) is 15.6 Å². The Labute approximate surface area is 216 Å². The highest BCUT2D eigenvalue weighted by Gasteiger charge is 2.09. The lowest BCUT2D eigenvalue weighted by molar-refractivity contribution is 0.0945. The lowest BCUT2D eigenvalue weighted by atomic mass is 10.0. The topological polar surface area (TPSA) is 89.5 Å². The number of carbonyl (C=O) groups is 2. The Bertz CT molecular complexity index is 1320. The summed E-state index contributed by atoms with van der Waals surface area (Å²) in [5, 5.41) is 5.86. The van der Waals surface area contributed by atoms with Crippen LogP contribution in [-0.2, 0) is 17.8 Å². The second-order valence-corrected chi connectivity index (χ2v) is 8.37. The number of aromatic nitrogens is 1. The number of pyridine rings is 1. The van der Waals surface area contributed by atoms with Gasteiger partial charge in [-0.15, -0.1) is 0 Å². The van der Waals surface area contributed by atoms with Crippen LogP contribution in [0.15, 0.2) is 97.3 Å². The minimum Gasteiger partial charge on any atom is -0.491 e. The molecule has 0 aliphatic rings. The van der Waals surface area contributed by atoms with E-state index in [-0.39, 0.29) is 11.8 Å². The van der Waals surface area contributed by atoms with E-state index in [1.54, 1.807) is 43.8 Å². The Balaban J connectivity index is 1.29. The van der Waals surface area contributed by atoms with Crippen molar-refractivity contribution in [2.24, 2.45) is 0 Å². The highest BCUT2D eigenvalue weighted by Crippen LogP contribution is 2.19. The minimum absolute atomic E-state index is 0.177. The largest absolute Gasteiger partial charge is 0.491 e. The van der Waals surface area contributed by atoms with Gasteiger partial charge in [-0.3, -0.25) is 14.6 Å². The van der Waals surface area contributed by atoms with E-state index in [1.807, 2.05) is 60.7 Å². The quantitative estimate of drug-likeness (QED) is 0.296. The maximum absolute atomic E-state index is 12.7. The third-order valence-corrected chi connectivity index (χ3v) is 5.71. The third kappa shape index (κ3) is 7.49. The zero-order valence-corrected chi connectivity index (χ0v) is 20.6. The van der Waals surface area contributed by atoms with Gasteiger partial charge in [0.2, 0.25) is 0 Å². The second-order valence-electron chi connectivity index (χ2n) is 8.37. The van der Waals surface area contributed by atoms with E-state index in [0.717, 1.165) is 28.0 Å². The molecule has 1 heterocycles. The molecule has 188 valence electrons. The van der Waals surface area contributed by atoms with Crippen LogP contribution in [-0.4, -0.2) is 37.1 Å². The highest BCUT2D eigenvalue weighted by molar-refractivity contribution is 5.95. The molecule has 0 atom stereocenters. The van der Waals surface area contributed by atoms with Crippen LogP contribution in [0.2, 0.25) is 0 Å². The number of carbonyl (C=O) groups excluding carboxylic acids is 2. The van der Waals surface area contributed by atoms with Crippen LogP contribution in [0.5, 0.6) is 5.75 Å². The van der Waals surface area contributed by atoms with Crippen molar-refractivity contribution >= 4 is 11.8 Å². The Hall–Kier alpha value is -4.49. The van der Waals surface area contributed by atoms with Crippen molar-refractivity contribution in [1.29, 1.82) is 0 Å². The van der Waals surface area contributed by atoms with E-state index in [0.29, 0.717) is 37.4 Å². The molecule has 4 rings (SSSR count). The zero-order chi connectivity index (χ0) is 25.9. The number of rotatable bonds is 11. The summed E-state index contributed by atoms with van der Waals surface area (Å²) in [7, 11) is 1.63. The van der Waals surface area contributed by atoms with Gasteiger partial charge in [-0.1, -0.05) is 36.4 Å². The molecule has 0 saturated heterocycles. The van der Waals surface area contributed by atoms with Crippen LogP contribution in [0, 0.1) is 0 Å². The van der Waals surface area contributed by atoms with Crippen LogP contribution in [0.25, 0.3) is 11.1 Å². The molecule has 0 aliphatic carbocycles. The number of ether oxygens (including phenoxy) is 2. The molecular formula is C30H29N3O4. The predicted octanol–water partition coefficient (Wildman–Crippen LogP) is 4.63. The van der Waals surface area contributed by atoms with E-state index in [1.165, 1.54) is 0 Å². The Morgan fingerprint density at radius 2 is 1.32 bits per heavy atom. The lowest BCUT2D eigenvalue weighted by Gasteiger charge is -2.10. The van der Waals surface area contributed by atoms with Crippen LogP contribution in [0.4, 0.5) is 0 Å². The average Bonchev–Trinajstić information content (AvgIpc) is 2.96. The summed E-state index contributed by atoms with van der Waals surface area (Å²) in [6.07, 6.45) is 3.48. The second kappa shape index (κ2) is 13.0. The zero-order valence-electron chi connectivity index (χ0n) is 20.6. The molecule has 3 aromatic carbocycles. The average molecular weight is 496 g/mol. The van der Waals surface area contributed by atoms with Gasteiger partial charge in [-0.05, 0) is 70.8 Å². The van der Waals surface area contributed by atoms with Crippen LogP contribution >= 0.6 is 0 Å². The monoisotopic (exact) mass is 495 g/mol. The molecule has 0 fully saturated rings. The molecule has 7 heteroatoms. The van der Waals surface area contributed by atoms with Gasteiger partial charge in [-0.25, -0.2) is 0 Å².